The summed E-state index contributed by atoms with van der Waals surface area (Å²) in [6.45, 7) is 5.72. The summed E-state index contributed by atoms with van der Waals surface area (Å²) in [5.41, 5.74) is 3.69. The third-order valence-electron chi connectivity index (χ3n) is 6.33. The average molecular weight is 413 g/mol. The van der Waals surface area contributed by atoms with Crippen LogP contribution in [0.5, 0.6) is 0 Å². The number of fused-ring (bicyclic) bond motifs is 2. The normalized spacial score (nSPS) is 22.7. The monoisotopic (exact) mass is 412 g/mol. The molecule has 2 fully saturated rings. The Morgan fingerprint density at radius 1 is 1.24 bits per heavy atom. The summed E-state index contributed by atoms with van der Waals surface area (Å²) in [4.78, 5) is 30.8. The first-order chi connectivity index (χ1) is 13.9. The van der Waals surface area contributed by atoms with Crippen molar-refractivity contribution in [3.05, 3.63) is 40.4 Å². The van der Waals surface area contributed by atoms with E-state index in [1.807, 2.05) is 31.4 Å². The molecular weight excluding hydrogens is 384 g/mol. The molecule has 0 spiro atoms. The van der Waals surface area contributed by atoms with Crippen molar-refractivity contribution in [1.82, 2.24) is 4.98 Å². The van der Waals surface area contributed by atoms with E-state index in [1.54, 1.807) is 4.90 Å². The van der Waals surface area contributed by atoms with Crippen LogP contribution < -0.4 is 4.90 Å². The minimum atomic E-state index is -0.130. The molecule has 5 nitrogen and oxygen atoms in total. The number of rotatable bonds is 6. The van der Waals surface area contributed by atoms with E-state index in [9.17, 15) is 9.59 Å². The standard InChI is InChI=1S/C23H28N2O3S/c1-14-4-7-21(15(2)8-14)25(16(3)26)23-24-20(13-29-23)12-28-22(27)11-19-10-17-5-6-18(19)9-17/h4,7-8,13,17-19H,5-6,9-12H2,1-3H3/t17-,18+,19-/m0/s1. The topological polar surface area (TPSA) is 59.5 Å². The van der Waals surface area contributed by atoms with E-state index in [-0.39, 0.29) is 18.5 Å². The molecular formula is C23H28N2O3S. The minimum absolute atomic E-state index is 0.0915. The fraction of sp³-hybridized carbons (Fsp3) is 0.522. The number of aryl methyl sites for hydroxylation is 2. The van der Waals surface area contributed by atoms with Crippen LogP contribution in [0, 0.1) is 31.6 Å². The fourth-order valence-corrected chi connectivity index (χ4v) is 5.85. The van der Waals surface area contributed by atoms with Crippen LogP contribution in [-0.2, 0) is 20.9 Å². The third-order valence-corrected chi connectivity index (χ3v) is 7.21. The molecule has 2 aromatic rings. The molecule has 1 aromatic carbocycles. The first-order valence-electron chi connectivity index (χ1n) is 10.4. The number of hydrogen-bond donors (Lipinski definition) is 0. The second-order valence-electron chi connectivity index (χ2n) is 8.57. The Morgan fingerprint density at radius 3 is 2.72 bits per heavy atom. The van der Waals surface area contributed by atoms with E-state index in [0.29, 0.717) is 23.2 Å². The molecule has 1 heterocycles. The number of esters is 1. The Bertz CT molecular complexity index is 923. The number of carbonyl (C=O) groups is 2. The second kappa shape index (κ2) is 8.27. The van der Waals surface area contributed by atoms with Gasteiger partial charge < -0.3 is 4.74 Å². The molecule has 1 amide bonds. The Kier molecular flexibility index (Phi) is 5.72. The smallest absolute Gasteiger partial charge is 0.306 e. The number of hydrogen-bond acceptors (Lipinski definition) is 5. The SMILES string of the molecule is CC(=O)N(c1nc(COC(=O)C[C@@H]2C[C@H]3CC[C@@H]2C3)cs1)c1ccc(C)cc1C. The van der Waals surface area contributed by atoms with Gasteiger partial charge in [-0.2, -0.15) is 0 Å². The summed E-state index contributed by atoms with van der Waals surface area (Å²) in [7, 11) is 0. The quantitative estimate of drug-likeness (QED) is 0.603. The van der Waals surface area contributed by atoms with Crippen molar-refractivity contribution in [2.45, 2.75) is 59.5 Å². The van der Waals surface area contributed by atoms with Crippen molar-refractivity contribution in [2.75, 3.05) is 4.90 Å². The molecule has 2 aliphatic rings. The number of aromatic nitrogens is 1. The molecule has 0 aliphatic heterocycles. The van der Waals surface area contributed by atoms with Crippen LogP contribution in [0.3, 0.4) is 0 Å². The molecule has 1 aromatic heterocycles. The Morgan fingerprint density at radius 2 is 2.07 bits per heavy atom. The molecule has 0 saturated heterocycles. The highest BCUT2D eigenvalue weighted by molar-refractivity contribution is 7.14. The molecule has 2 bridgehead atoms. The predicted octanol–water partition coefficient (Wildman–Crippen LogP) is 5.31. The van der Waals surface area contributed by atoms with Crippen LogP contribution in [0.2, 0.25) is 0 Å². The van der Waals surface area contributed by atoms with Gasteiger partial charge in [-0.1, -0.05) is 24.1 Å². The number of carbonyl (C=O) groups excluding carboxylic acids is 2. The number of ether oxygens (including phenoxy) is 1. The number of anilines is 2. The van der Waals surface area contributed by atoms with Gasteiger partial charge in [0, 0.05) is 18.7 Å². The first-order valence-corrected chi connectivity index (χ1v) is 11.3. The maximum Gasteiger partial charge on any atom is 0.306 e. The summed E-state index contributed by atoms with van der Waals surface area (Å²) in [6.07, 6.45) is 5.62. The molecule has 3 atom stereocenters. The van der Waals surface area contributed by atoms with Crippen LogP contribution >= 0.6 is 11.3 Å². The third kappa shape index (κ3) is 4.37. The highest BCUT2D eigenvalue weighted by Crippen LogP contribution is 2.49. The van der Waals surface area contributed by atoms with Gasteiger partial charge in [0.05, 0.1) is 11.4 Å². The zero-order chi connectivity index (χ0) is 20.5. The zero-order valence-electron chi connectivity index (χ0n) is 17.3. The lowest BCUT2D eigenvalue weighted by Gasteiger charge is -2.20. The maximum absolute atomic E-state index is 12.3. The van der Waals surface area contributed by atoms with Crippen LogP contribution in [0.15, 0.2) is 23.6 Å². The van der Waals surface area contributed by atoms with Crippen molar-refractivity contribution in [3.8, 4) is 0 Å². The molecule has 0 N–H and O–H groups in total. The minimum Gasteiger partial charge on any atom is -0.459 e. The van der Waals surface area contributed by atoms with Crippen LogP contribution in [0.4, 0.5) is 10.8 Å². The van der Waals surface area contributed by atoms with Gasteiger partial charge in [0.1, 0.15) is 6.61 Å². The van der Waals surface area contributed by atoms with Gasteiger partial charge in [-0.3, -0.25) is 14.5 Å². The van der Waals surface area contributed by atoms with Crippen molar-refractivity contribution in [1.29, 1.82) is 0 Å². The number of thiazole rings is 1. The highest BCUT2D eigenvalue weighted by atomic mass is 32.1. The molecule has 4 rings (SSSR count). The van der Waals surface area contributed by atoms with E-state index in [1.165, 1.54) is 43.9 Å². The fourth-order valence-electron chi connectivity index (χ4n) is 4.98. The highest BCUT2D eigenvalue weighted by Gasteiger charge is 2.40. The number of amides is 1. The lowest BCUT2D eigenvalue weighted by molar-refractivity contribution is -0.146. The van der Waals surface area contributed by atoms with Crippen LogP contribution in [-0.4, -0.2) is 16.9 Å². The summed E-state index contributed by atoms with van der Waals surface area (Å²) in [6, 6.07) is 5.99. The average Bonchev–Trinajstić information content (AvgIpc) is 3.39. The van der Waals surface area contributed by atoms with E-state index < -0.39 is 0 Å². The van der Waals surface area contributed by atoms with E-state index in [2.05, 4.69) is 11.1 Å². The summed E-state index contributed by atoms with van der Waals surface area (Å²) in [5, 5.41) is 2.46. The van der Waals surface area contributed by atoms with Crippen LogP contribution in [0.25, 0.3) is 0 Å². The molecule has 154 valence electrons. The molecule has 0 unspecified atom stereocenters. The van der Waals surface area contributed by atoms with Gasteiger partial charge in [0.15, 0.2) is 5.13 Å². The van der Waals surface area contributed by atoms with E-state index >= 15 is 0 Å². The van der Waals surface area contributed by atoms with Gasteiger partial charge in [0.25, 0.3) is 0 Å². The second-order valence-corrected chi connectivity index (χ2v) is 9.40. The summed E-state index contributed by atoms with van der Waals surface area (Å²) in [5.74, 6) is 1.84. The number of nitrogens with zero attached hydrogens (tertiary/aromatic N) is 2. The number of benzene rings is 1. The van der Waals surface area contributed by atoms with Gasteiger partial charge in [0.2, 0.25) is 5.91 Å². The van der Waals surface area contributed by atoms with Crippen molar-refractivity contribution in [3.63, 3.8) is 0 Å². The molecule has 2 aliphatic carbocycles. The molecule has 0 radical (unpaired) electrons. The summed E-state index contributed by atoms with van der Waals surface area (Å²) < 4.78 is 5.50. The van der Waals surface area contributed by atoms with Crippen molar-refractivity contribution >= 4 is 34.0 Å². The van der Waals surface area contributed by atoms with Gasteiger partial charge in [-0.15, -0.1) is 11.3 Å². The van der Waals surface area contributed by atoms with Crippen LogP contribution in [0.1, 0.15) is 55.8 Å². The van der Waals surface area contributed by atoms with Gasteiger partial charge in [-0.05, 0) is 62.5 Å². The van der Waals surface area contributed by atoms with Crippen molar-refractivity contribution < 1.29 is 14.3 Å². The molecule has 29 heavy (non-hydrogen) atoms. The Balaban J connectivity index is 1.39. The van der Waals surface area contributed by atoms with Crippen molar-refractivity contribution in [2.24, 2.45) is 17.8 Å². The zero-order valence-corrected chi connectivity index (χ0v) is 18.1. The van der Waals surface area contributed by atoms with Gasteiger partial charge in [-0.25, -0.2) is 4.98 Å². The Labute approximate surface area is 176 Å². The van der Waals surface area contributed by atoms with E-state index in [4.69, 9.17) is 4.74 Å². The predicted molar refractivity (Wildman–Crippen MR) is 114 cm³/mol. The largest absolute Gasteiger partial charge is 0.459 e. The summed E-state index contributed by atoms with van der Waals surface area (Å²) >= 11 is 1.39. The molecule has 6 heteroatoms. The van der Waals surface area contributed by atoms with Gasteiger partial charge >= 0.3 is 5.97 Å². The maximum atomic E-state index is 12.3. The lowest BCUT2D eigenvalue weighted by atomic mass is 9.86. The molecule has 2 saturated carbocycles. The van der Waals surface area contributed by atoms with E-state index in [0.717, 1.165) is 28.7 Å². The Hall–Kier alpha value is -2.21. The first kappa shape index (κ1) is 20.1. The lowest BCUT2D eigenvalue weighted by Crippen LogP contribution is -2.23.